The summed E-state index contributed by atoms with van der Waals surface area (Å²) in [5, 5.41) is 9.36. The van der Waals surface area contributed by atoms with Gasteiger partial charge in [0, 0.05) is 20.2 Å². The molecule has 0 saturated heterocycles. The maximum atomic E-state index is 12.6. The van der Waals surface area contributed by atoms with Gasteiger partial charge in [-0.15, -0.1) is 0 Å². The third-order valence-electron chi connectivity index (χ3n) is 4.82. The Morgan fingerprint density at radius 2 is 2.10 bits per heavy atom. The number of methoxy groups -OCH3 is 1. The van der Waals surface area contributed by atoms with Crippen LogP contribution in [-0.4, -0.2) is 48.7 Å². The first kappa shape index (κ1) is 16.0. The van der Waals surface area contributed by atoms with E-state index in [4.69, 9.17) is 4.74 Å². The summed E-state index contributed by atoms with van der Waals surface area (Å²) in [6, 6.07) is 0. The summed E-state index contributed by atoms with van der Waals surface area (Å²) >= 11 is 0. The molecule has 0 bridgehead atoms. The van der Waals surface area contributed by atoms with Gasteiger partial charge in [0.05, 0.1) is 18.4 Å². The van der Waals surface area contributed by atoms with E-state index in [1.54, 1.807) is 12.0 Å². The summed E-state index contributed by atoms with van der Waals surface area (Å²) < 4.78 is 5.10. The zero-order valence-electron chi connectivity index (χ0n) is 12.9. The van der Waals surface area contributed by atoms with Gasteiger partial charge < -0.3 is 14.7 Å². The zero-order valence-corrected chi connectivity index (χ0v) is 12.9. The highest BCUT2D eigenvalue weighted by atomic mass is 16.5. The van der Waals surface area contributed by atoms with Crippen molar-refractivity contribution in [1.29, 1.82) is 0 Å². The summed E-state index contributed by atoms with van der Waals surface area (Å²) in [7, 11) is 1.67. The first-order valence-corrected chi connectivity index (χ1v) is 7.75. The summed E-state index contributed by atoms with van der Waals surface area (Å²) in [4.78, 5) is 25.8. The van der Waals surface area contributed by atoms with E-state index in [0.29, 0.717) is 32.0 Å². The van der Waals surface area contributed by atoms with E-state index < -0.39 is 11.9 Å². The Morgan fingerprint density at radius 1 is 1.38 bits per heavy atom. The van der Waals surface area contributed by atoms with E-state index in [-0.39, 0.29) is 11.8 Å². The Hall–Kier alpha value is -1.36. The van der Waals surface area contributed by atoms with Crippen molar-refractivity contribution >= 4 is 11.9 Å². The van der Waals surface area contributed by atoms with Gasteiger partial charge in [-0.1, -0.05) is 19.4 Å². The molecule has 5 nitrogen and oxygen atoms in total. The van der Waals surface area contributed by atoms with E-state index in [1.807, 2.05) is 6.08 Å². The molecular weight excluding hydrogens is 270 g/mol. The molecule has 2 rings (SSSR count). The van der Waals surface area contributed by atoms with Gasteiger partial charge in [0.2, 0.25) is 5.91 Å². The highest BCUT2D eigenvalue weighted by Gasteiger charge is 2.43. The first-order valence-electron chi connectivity index (χ1n) is 7.75. The van der Waals surface area contributed by atoms with Gasteiger partial charge in [0.1, 0.15) is 0 Å². The Balaban J connectivity index is 2.01. The second kappa shape index (κ2) is 7.07. The lowest BCUT2D eigenvalue weighted by molar-refractivity contribution is -0.149. The molecule has 1 heterocycles. The average Bonchev–Trinajstić information content (AvgIpc) is 2.92. The molecule has 0 radical (unpaired) electrons. The van der Waals surface area contributed by atoms with E-state index in [2.05, 4.69) is 6.92 Å². The van der Waals surface area contributed by atoms with Gasteiger partial charge in [-0.3, -0.25) is 9.59 Å². The number of carbonyl (C=O) groups excluding carboxylic acids is 1. The molecular formula is C16H25NO4. The second-order valence-corrected chi connectivity index (χ2v) is 6.13. The largest absolute Gasteiger partial charge is 0.481 e. The molecule has 1 aliphatic heterocycles. The van der Waals surface area contributed by atoms with Crippen molar-refractivity contribution < 1.29 is 19.4 Å². The standard InChI is InChI=1S/C16H25NO4/c1-3-11-8-13(14(9-11)16(19)20)15(18)17-6-4-12(5-7-17)10-21-2/h4,11,13-14H,3,5-10H2,1-2H3,(H,19,20)/t11?,13-,14+/m0/s1. The molecule has 2 aliphatic rings. The number of carboxylic acids is 1. The molecule has 0 aromatic heterocycles. The molecule has 1 fully saturated rings. The maximum Gasteiger partial charge on any atom is 0.307 e. The molecule has 118 valence electrons. The Kier molecular flexibility index (Phi) is 5.39. The van der Waals surface area contributed by atoms with Gasteiger partial charge in [-0.2, -0.15) is 0 Å². The number of rotatable bonds is 5. The van der Waals surface area contributed by atoms with Crippen LogP contribution in [0, 0.1) is 17.8 Å². The van der Waals surface area contributed by atoms with Gasteiger partial charge >= 0.3 is 5.97 Å². The molecule has 0 aromatic rings. The fourth-order valence-electron chi connectivity index (χ4n) is 3.48. The second-order valence-electron chi connectivity index (χ2n) is 6.13. The average molecular weight is 295 g/mol. The predicted octanol–water partition coefficient (Wildman–Crippen LogP) is 1.93. The van der Waals surface area contributed by atoms with Crippen LogP contribution in [-0.2, 0) is 14.3 Å². The Bertz CT molecular complexity index is 432. The number of carboxylic acid groups (broad SMARTS) is 1. The molecule has 1 unspecified atom stereocenters. The van der Waals surface area contributed by atoms with Crippen molar-refractivity contribution in [3.8, 4) is 0 Å². The molecule has 0 aromatic carbocycles. The van der Waals surface area contributed by atoms with E-state index in [0.717, 1.165) is 19.3 Å². The smallest absolute Gasteiger partial charge is 0.307 e. The van der Waals surface area contributed by atoms with E-state index in [1.165, 1.54) is 5.57 Å². The first-order chi connectivity index (χ1) is 10.1. The van der Waals surface area contributed by atoms with Gasteiger partial charge in [-0.25, -0.2) is 0 Å². The summed E-state index contributed by atoms with van der Waals surface area (Å²) in [5.74, 6) is -1.29. The molecule has 1 aliphatic carbocycles. The third-order valence-corrected chi connectivity index (χ3v) is 4.82. The van der Waals surface area contributed by atoms with E-state index in [9.17, 15) is 14.7 Å². The van der Waals surface area contributed by atoms with Crippen LogP contribution in [0.4, 0.5) is 0 Å². The lowest BCUT2D eigenvalue weighted by atomic mass is 9.94. The number of ether oxygens (including phenoxy) is 1. The van der Waals surface area contributed by atoms with Crippen molar-refractivity contribution in [1.82, 2.24) is 4.90 Å². The minimum Gasteiger partial charge on any atom is -0.481 e. The summed E-state index contributed by atoms with van der Waals surface area (Å²) in [6.07, 6.45) is 5.16. The lowest BCUT2D eigenvalue weighted by Crippen LogP contribution is -2.41. The number of nitrogens with zero attached hydrogens (tertiary/aromatic N) is 1. The number of hydrogen-bond acceptors (Lipinski definition) is 3. The molecule has 1 amide bonds. The lowest BCUT2D eigenvalue weighted by Gasteiger charge is -2.30. The van der Waals surface area contributed by atoms with Crippen molar-refractivity contribution in [2.24, 2.45) is 17.8 Å². The van der Waals surface area contributed by atoms with Crippen LogP contribution < -0.4 is 0 Å². The summed E-state index contributed by atoms with van der Waals surface area (Å²) in [5.41, 5.74) is 1.22. The van der Waals surface area contributed by atoms with Gasteiger partial charge in [-0.05, 0) is 30.8 Å². The zero-order chi connectivity index (χ0) is 15.4. The van der Waals surface area contributed by atoms with Crippen molar-refractivity contribution in [3.05, 3.63) is 11.6 Å². The number of hydrogen-bond donors (Lipinski definition) is 1. The maximum absolute atomic E-state index is 12.6. The van der Waals surface area contributed by atoms with Gasteiger partial charge in [0.15, 0.2) is 0 Å². The minimum absolute atomic E-state index is 0.0195. The minimum atomic E-state index is -0.822. The van der Waals surface area contributed by atoms with Crippen molar-refractivity contribution in [2.75, 3.05) is 26.8 Å². The molecule has 3 atom stereocenters. The number of carbonyl (C=O) groups is 2. The van der Waals surface area contributed by atoms with Crippen molar-refractivity contribution in [2.45, 2.75) is 32.6 Å². The third kappa shape index (κ3) is 3.64. The molecule has 1 N–H and O–H groups in total. The highest BCUT2D eigenvalue weighted by molar-refractivity contribution is 5.85. The van der Waals surface area contributed by atoms with Crippen LogP contribution in [0.2, 0.25) is 0 Å². The van der Waals surface area contributed by atoms with Crippen LogP contribution in [0.15, 0.2) is 11.6 Å². The topological polar surface area (TPSA) is 66.8 Å². The molecule has 0 spiro atoms. The Labute approximate surface area is 126 Å². The van der Waals surface area contributed by atoms with Crippen LogP contribution in [0.5, 0.6) is 0 Å². The van der Waals surface area contributed by atoms with Crippen LogP contribution in [0.3, 0.4) is 0 Å². The number of aliphatic carboxylic acids is 1. The fraction of sp³-hybridized carbons (Fsp3) is 0.750. The molecule has 1 saturated carbocycles. The monoisotopic (exact) mass is 295 g/mol. The summed E-state index contributed by atoms with van der Waals surface area (Å²) in [6.45, 7) is 3.93. The van der Waals surface area contributed by atoms with E-state index >= 15 is 0 Å². The number of amides is 1. The van der Waals surface area contributed by atoms with Crippen LogP contribution >= 0.6 is 0 Å². The highest BCUT2D eigenvalue weighted by Crippen LogP contribution is 2.39. The quantitative estimate of drug-likeness (QED) is 0.787. The van der Waals surface area contributed by atoms with Crippen LogP contribution in [0.1, 0.15) is 32.6 Å². The van der Waals surface area contributed by atoms with Crippen molar-refractivity contribution in [3.63, 3.8) is 0 Å². The Morgan fingerprint density at radius 3 is 2.62 bits per heavy atom. The fourth-order valence-corrected chi connectivity index (χ4v) is 3.48. The molecule has 21 heavy (non-hydrogen) atoms. The predicted molar refractivity (Wildman–Crippen MR) is 78.8 cm³/mol. The van der Waals surface area contributed by atoms with Crippen LogP contribution in [0.25, 0.3) is 0 Å². The molecule has 5 heteroatoms. The van der Waals surface area contributed by atoms with Gasteiger partial charge in [0.25, 0.3) is 0 Å². The SMILES string of the molecule is CCC1C[C@H](C(=O)N2CC=C(COC)CC2)[C@H](C(=O)O)C1. The normalized spacial score (nSPS) is 29.3.